The highest BCUT2D eigenvalue weighted by Gasteiger charge is 2.36. The van der Waals surface area contributed by atoms with Crippen molar-refractivity contribution >= 4 is 0 Å². The van der Waals surface area contributed by atoms with E-state index >= 15 is 0 Å². The quantitative estimate of drug-likeness (QED) is 0.568. The first-order chi connectivity index (χ1) is 7.12. The number of rotatable bonds is 1. The van der Waals surface area contributed by atoms with Gasteiger partial charge in [0, 0.05) is 0 Å². The van der Waals surface area contributed by atoms with Crippen molar-refractivity contribution in [1.82, 2.24) is 0 Å². The van der Waals surface area contributed by atoms with Gasteiger partial charge in [0.25, 0.3) is 0 Å². The van der Waals surface area contributed by atoms with Crippen LogP contribution in [0, 0.1) is 22.7 Å². The van der Waals surface area contributed by atoms with E-state index < -0.39 is 0 Å². The van der Waals surface area contributed by atoms with E-state index in [1.807, 2.05) is 0 Å². The van der Waals surface area contributed by atoms with Crippen molar-refractivity contribution in [3.63, 3.8) is 0 Å². The summed E-state index contributed by atoms with van der Waals surface area (Å²) < 4.78 is 0. The lowest BCUT2D eigenvalue weighted by Gasteiger charge is -2.42. The summed E-state index contributed by atoms with van der Waals surface area (Å²) in [6.45, 7) is 16.4. The molecular weight excluding hydrogens is 192 g/mol. The fraction of sp³-hybridized carbons (Fsp3) is 0.750. The van der Waals surface area contributed by atoms with Crippen LogP contribution in [0.1, 0.15) is 54.9 Å². The minimum absolute atomic E-state index is 0.328. The van der Waals surface area contributed by atoms with Gasteiger partial charge < -0.3 is 0 Å². The molecule has 0 nitrogen and oxygen atoms in total. The minimum Gasteiger partial charge on any atom is -0.0811 e. The smallest absolute Gasteiger partial charge is 0.00678 e. The molecule has 1 aliphatic carbocycles. The average molecular weight is 220 g/mol. The van der Waals surface area contributed by atoms with E-state index in [1.165, 1.54) is 12.0 Å². The zero-order valence-corrected chi connectivity index (χ0v) is 12.1. The third-order valence-electron chi connectivity index (χ3n) is 3.41. The molecule has 0 fully saturated rings. The maximum Gasteiger partial charge on any atom is -0.00678 e. The third-order valence-corrected chi connectivity index (χ3v) is 3.41. The van der Waals surface area contributed by atoms with Crippen molar-refractivity contribution in [3.8, 4) is 0 Å². The maximum atomic E-state index is 2.45. The van der Waals surface area contributed by atoms with E-state index in [0.717, 1.165) is 0 Å². The Morgan fingerprint density at radius 1 is 1.06 bits per heavy atom. The Morgan fingerprint density at radius 3 is 1.88 bits per heavy atom. The molecule has 0 aromatic heterocycles. The summed E-state index contributed by atoms with van der Waals surface area (Å²) in [5.74, 6) is 1.34. The van der Waals surface area contributed by atoms with Gasteiger partial charge >= 0.3 is 0 Å². The fourth-order valence-corrected chi connectivity index (χ4v) is 3.26. The molecule has 1 atom stereocenters. The molecule has 1 aliphatic rings. The Kier molecular flexibility index (Phi) is 3.72. The topological polar surface area (TPSA) is 0 Å². The predicted octanol–water partition coefficient (Wildman–Crippen LogP) is 5.22. The molecule has 0 spiro atoms. The Morgan fingerprint density at radius 2 is 1.56 bits per heavy atom. The normalized spacial score (nSPS) is 22.5. The summed E-state index contributed by atoms with van der Waals surface area (Å²) >= 11 is 0. The van der Waals surface area contributed by atoms with Gasteiger partial charge in [-0.3, -0.25) is 0 Å². The van der Waals surface area contributed by atoms with Gasteiger partial charge in [0.05, 0.1) is 0 Å². The molecule has 1 rings (SSSR count). The second-order valence-electron chi connectivity index (χ2n) is 7.44. The molecule has 0 aromatic carbocycles. The van der Waals surface area contributed by atoms with Gasteiger partial charge in [-0.15, -0.1) is 0 Å². The van der Waals surface area contributed by atoms with Crippen molar-refractivity contribution < 1.29 is 0 Å². The van der Waals surface area contributed by atoms with E-state index in [0.29, 0.717) is 22.7 Å². The van der Waals surface area contributed by atoms with Crippen molar-refractivity contribution in [1.29, 1.82) is 0 Å². The summed E-state index contributed by atoms with van der Waals surface area (Å²) in [4.78, 5) is 0. The summed E-state index contributed by atoms with van der Waals surface area (Å²) in [6, 6.07) is 0. The Hall–Kier alpha value is -0.520. The molecule has 16 heavy (non-hydrogen) atoms. The van der Waals surface area contributed by atoms with Gasteiger partial charge in [-0.1, -0.05) is 66.7 Å². The lowest BCUT2D eigenvalue weighted by molar-refractivity contribution is 0.139. The molecule has 0 saturated heterocycles. The summed E-state index contributed by atoms with van der Waals surface area (Å²) in [5.41, 5.74) is 2.20. The fourth-order valence-electron chi connectivity index (χ4n) is 3.26. The van der Waals surface area contributed by atoms with Crippen molar-refractivity contribution in [3.05, 3.63) is 23.8 Å². The molecule has 0 aromatic rings. The molecular formula is C16H28. The van der Waals surface area contributed by atoms with E-state index in [2.05, 4.69) is 66.7 Å². The number of hydrogen-bond donors (Lipinski definition) is 0. The lowest BCUT2D eigenvalue weighted by Crippen LogP contribution is -2.34. The molecule has 0 radical (unpaired) electrons. The summed E-state index contributed by atoms with van der Waals surface area (Å²) in [7, 11) is 0. The van der Waals surface area contributed by atoms with Crippen LogP contribution in [-0.2, 0) is 0 Å². The molecule has 0 heterocycles. The summed E-state index contributed by atoms with van der Waals surface area (Å²) in [6.07, 6.45) is 8.37. The van der Waals surface area contributed by atoms with Crippen molar-refractivity contribution in [2.75, 3.05) is 0 Å². The van der Waals surface area contributed by atoms with Crippen LogP contribution < -0.4 is 0 Å². The maximum absolute atomic E-state index is 2.45. The second kappa shape index (κ2) is 4.39. The highest BCUT2D eigenvalue weighted by atomic mass is 14.4. The second-order valence-corrected chi connectivity index (χ2v) is 7.44. The largest absolute Gasteiger partial charge is 0.0811 e. The molecule has 0 saturated carbocycles. The van der Waals surface area contributed by atoms with Gasteiger partial charge in [0.1, 0.15) is 0 Å². The standard InChI is InChI=1S/C16H28/c1-12-8-10-13(11-9-12)14(15(2,3)4)16(5,6)7/h8,10-12,14H,9H2,1-7H3. The zero-order valence-electron chi connectivity index (χ0n) is 12.1. The molecule has 0 bridgehead atoms. The van der Waals surface area contributed by atoms with E-state index in [4.69, 9.17) is 0 Å². The molecule has 92 valence electrons. The third kappa shape index (κ3) is 3.23. The lowest BCUT2D eigenvalue weighted by atomic mass is 9.62. The number of hydrogen-bond acceptors (Lipinski definition) is 0. The molecule has 0 N–H and O–H groups in total. The SMILES string of the molecule is CC1C=CC(C(C(C)(C)C)C(C)(C)C)=CC1. The zero-order chi connectivity index (χ0) is 12.6. The number of allylic oxidation sites excluding steroid dienone is 4. The minimum atomic E-state index is 0.328. The Balaban J connectivity index is 3.01. The first-order valence-corrected chi connectivity index (χ1v) is 6.50. The van der Waals surface area contributed by atoms with Gasteiger partial charge in [0.15, 0.2) is 0 Å². The van der Waals surface area contributed by atoms with Crippen LogP contribution in [0.2, 0.25) is 0 Å². The van der Waals surface area contributed by atoms with Gasteiger partial charge in [-0.05, 0) is 34.7 Å². The highest BCUT2D eigenvalue weighted by molar-refractivity contribution is 5.29. The van der Waals surface area contributed by atoms with Crippen LogP contribution in [0.25, 0.3) is 0 Å². The molecule has 1 unspecified atom stereocenters. The monoisotopic (exact) mass is 220 g/mol. The predicted molar refractivity (Wildman–Crippen MR) is 73.4 cm³/mol. The van der Waals surface area contributed by atoms with Crippen LogP contribution in [0.15, 0.2) is 23.8 Å². The Bertz CT molecular complexity index is 277. The summed E-state index contributed by atoms with van der Waals surface area (Å²) in [5, 5.41) is 0. The van der Waals surface area contributed by atoms with Crippen molar-refractivity contribution in [2.24, 2.45) is 22.7 Å². The molecule has 0 amide bonds. The highest BCUT2D eigenvalue weighted by Crippen LogP contribution is 2.45. The van der Waals surface area contributed by atoms with Gasteiger partial charge in [-0.2, -0.15) is 0 Å². The van der Waals surface area contributed by atoms with E-state index in [1.54, 1.807) is 0 Å². The van der Waals surface area contributed by atoms with Crippen LogP contribution in [0.5, 0.6) is 0 Å². The van der Waals surface area contributed by atoms with Crippen molar-refractivity contribution in [2.45, 2.75) is 54.9 Å². The first-order valence-electron chi connectivity index (χ1n) is 6.50. The van der Waals surface area contributed by atoms with E-state index in [9.17, 15) is 0 Å². The van der Waals surface area contributed by atoms with Crippen LogP contribution in [-0.4, -0.2) is 0 Å². The van der Waals surface area contributed by atoms with Crippen LogP contribution >= 0.6 is 0 Å². The van der Waals surface area contributed by atoms with Crippen LogP contribution in [0.3, 0.4) is 0 Å². The van der Waals surface area contributed by atoms with Gasteiger partial charge in [0.2, 0.25) is 0 Å². The van der Waals surface area contributed by atoms with E-state index in [-0.39, 0.29) is 0 Å². The van der Waals surface area contributed by atoms with Gasteiger partial charge in [-0.25, -0.2) is 0 Å². The van der Waals surface area contributed by atoms with Crippen LogP contribution in [0.4, 0.5) is 0 Å². The molecule has 0 aliphatic heterocycles. The molecule has 0 heteroatoms. The average Bonchev–Trinajstić information content (AvgIpc) is 2.03. The first kappa shape index (κ1) is 13.5. The Labute approximate surface area is 102 Å².